The zero-order chi connectivity index (χ0) is 36.3. The van der Waals surface area contributed by atoms with Gasteiger partial charge in [0.1, 0.15) is 0 Å². The molecule has 1 aliphatic rings. The molecule has 2 heterocycles. The molecule has 5 aromatic rings. The number of H-pyrrole nitrogens is 1. The van der Waals surface area contributed by atoms with Crippen molar-refractivity contribution in [3.63, 3.8) is 0 Å². The van der Waals surface area contributed by atoms with Crippen LogP contribution in [0.15, 0.2) is 113 Å². The van der Waals surface area contributed by atoms with Crippen LogP contribution in [0.3, 0.4) is 0 Å². The highest BCUT2D eigenvalue weighted by molar-refractivity contribution is 7.99. The minimum Gasteiger partial charge on any atom is -0.361 e. The summed E-state index contributed by atoms with van der Waals surface area (Å²) in [4.78, 5) is 36.3. The summed E-state index contributed by atoms with van der Waals surface area (Å²) in [6, 6.07) is 32.2. The Morgan fingerprint density at radius 2 is 1.50 bits per heavy atom. The van der Waals surface area contributed by atoms with E-state index in [0.29, 0.717) is 51.9 Å². The lowest BCUT2D eigenvalue weighted by Crippen LogP contribution is -2.58. The first-order valence-corrected chi connectivity index (χ1v) is 19.2. The van der Waals surface area contributed by atoms with Crippen LogP contribution in [0.4, 0.5) is 0 Å². The molecule has 0 radical (unpaired) electrons. The van der Waals surface area contributed by atoms with Crippen molar-refractivity contribution in [1.82, 2.24) is 25.8 Å². The Labute approximate surface area is 311 Å². The van der Waals surface area contributed by atoms with Crippen LogP contribution >= 0.6 is 11.8 Å². The van der Waals surface area contributed by atoms with E-state index < -0.39 is 18.2 Å². The van der Waals surface area contributed by atoms with Crippen molar-refractivity contribution in [2.75, 3.05) is 20.1 Å². The van der Waals surface area contributed by atoms with Gasteiger partial charge >= 0.3 is 0 Å². The van der Waals surface area contributed by atoms with Crippen LogP contribution in [-0.4, -0.2) is 60.1 Å². The van der Waals surface area contributed by atoms with E-state index in [4.69, 9.17) is 11.5 Å². The first-order valence-electron chi connectivity index (χ1n) is 18.4. The number of amides is 2. The molecule has 2 amide bonds. The van der Waals surface area contributed by atoms with Crippen molar-refractivity contribution >= 4 is 34.5 Å². The van der Waals surface area contributed by atoms with Crippen LogP contribution < -0.4 is 27.4 Å². The van der Waals surface area contributed by atoms with Gasteiger partial charge in [0.2, 0.25) is 11.8 Å². The van der Waals surface area contributed by atoms with Crippen LogP contribution in [-0.2, 0) is 29.1 Å². The third-order valence-electron chi connectivity index (χ3n) is 9.98. The fourth-order valence-electron chi connectivity index (χ4n) is 6.95. The molecule has 9 nitrogen and oxygen atoms in total. The maximum atomic E-state index is 14.6. The number of nitrogens with one attached hydrogen (secondary N) is 4. The molecule has 272 valence electrons. The largest absolute Gasteiger partial charge is 0.361 e. The quantitative estimate of drug-likeness (QED) is 0.0985. The Kier molecular flexibility index (Phi) is 13.2. The molecule has 4 aromatic carbocycles. The predicted octanol–water partition coefficient (Wildman–Crippen LogP) is 5.93. The van der Waals surface area contributed by atoms with Crippen molar-refractivity contribution < 1.29 is 9.59 Å². The van der Waals surface area contributed by atoms with E-state index in [0.717, 1.165) is 61.4 Å². The number of carbonyl (C=O) groups is 2. The lowest BCUT2D eigenvalue weighted by Gasteiger charge is -2.36. The SMILES string of the molecule is CN1C(Cc2c[nH]c3ccccc23)C(=O)NCc2cc(-c3ccccc3)ccc2Sc2ccccc2CNC(CCCN)C(=O)N[C@H]1CCCCN. The molecule has 0 saturated carbocycles. The van der Waals surface area contributed by atoms with Gasteiger partial charge in [-0.15, -0.1) is 0 Å². The summed E-state index contributed by atoms with van der Waals surface area (Å²) < 4.78 is 0. The first-order chi connectivity index (χ1) is 25.4. The smallest absolute Gasteiger partial charge is 0.238 e. The zero-order valence-electron chi connectivity index (χ0n) is 29.9. The fourth-order valence-corrected chi connectivity index (χ4v) is 8.00. The second-order valence-corrected chi connectivity index (χ2v) is 14.6. The van der Waals surface area contributed by atoms with Crippen LogP contribution in [0.1, 0.15) is 48.8 Å². The third-order valence-corrected chi connectivity index (χ3v) is 11.2. The minimum absolute atomic E-state index is 0.0969. The summed E-state index contributed by atoms with van der Waals surface area (Å²) in [6.07, 6.45) is 5.66. The van der Waals surface area contributed by atoms with Gasteiger partial charge in [0.15, 0.2) is 0 Å². The standard InChI is InChI=1S/C42H51N7O2S/c1-49-37(25-32-27-45-35-16-7-6-15-34(32)35)42(51)47-28-33-24-30(29-12-3-2-4-13-29)20-21-39(33)52-38-18-8-5-14-31(38)26-46-36(17-11-23-44)41(50)48-40(49)19-9-10-22-43/h2-8,12-16,18,20-21,24,27,36-37,40,45-46H,9-11,17,19,22-23,25-26,28,43-44H2,1H3,(H,47,51)(H,48,50)/t36?,37?,40-/m1/s1. The average Bonchev–Trinajstić information content (AvgIpc) is 3.59. The van der Waals surface area contributed by atoms with E-state index in [1.54, 1.807) is 11.8 Å². The van der Waals surface area contributed by atoms with Crippen molar-refractivity contribution in [3.05, 3.63) is 120 Å². The van der Waals surface area contributed by atoms with E-state index in [2.05, 4.69) is 69.5 Å². The Morgan fingerprint density at radius 1 is 0.750 bits per heavy atom. The van der Waals surface area contributed by atoms with Crippen molar-refractivity contribution in [3.8, 4) is 11.1 Å². The Morgan fingerprint density at radius 3 is 2.33 bits per heavy atom. The number of unbranched alkanes of at least 4 members (excludes halogenated alkanes) is 1. The summed E-state index contributed by atoms with van der Waals surface area (Å²) in [7, 11) is 1.95. The number of rotatable bonds is 10. The number of hydrogen-bond acceptors (Lipinski definition) is 7. The van der Waals surface area contributed by atoms with Gasteiger partial charge in [-0.3, -0.25) is 14.5 Å². The maximum absolute atomic E-state index is 14.6. The molecular formula is C42H51N7O2S. The molecule has 3 atom stereocenters. The van der Waals surface area contributed by atoms with Crippen LogP contribution in [0.2, 0.25) is 0 Å². The first kappa shape index (κ1) is 37.3. The fraction of sp³-hybridized carbons (Fsp3) is 0.333. The number of benzene rings is 4. The number of para-hydroxylation sites is 1. The molecule has 6 rings (SSSR count). The Bertz CT molecular complexity index is 1930. The predicted molar refractivity (Wildman–Crippen MR) is 212 cm³/mol. The van der Waals surface area contributed by atoms with Gasteiger partial charge in [-0.05, 0) is 111 Å². The Hall–Kier alpha value is -4.45. The average molecular weight is 718 g/mol. The summed E-state index contributed by atoms with van der Waals surface area (Å²) in [6.45, 7) is 1.93. The van der Waals surface area contributed by atoms with E-state index in [1.807, 2.05) is 66.7 Å². The van der Waals surface area contributed by atoms with Crippen molar-refractivity contribution in [1.29, 1.82) is 0 Å². The van der Waals surface area contributed by atoms with Crippen LogP contribution in [0, 0.1) is 0 Å². The molecule has 1 aromatic heterocycles. The number of fused-ring (bicyclic) bond motifs is 3. The number of hydrogen-bond donors (Lipinski definition) is 6. The van der Waals surface area contributed by atoms with E-state index in [9.17, 15) is 9.59 Å². The van der Waals surface area contributed by atoms with Crippen molar-refractivity contribution in [2.45, 2.75) is 79.7 Å². The molecule has 52 heavy (non-hydrogen) atoms. The van der Waals surface area contributed by atoms with Gasteiger partial charge < -0.3 is 32.4 Å². The van der Waals surface area contributed by atoms with Gasteiger partial charge in [-0.2, -0.15) is 0 Å². The molecule has 2 unspecified atom stereocenters. The molecule has 0 aliphatic carbocycles. The highest BCUT2D eigenvalue weighted by Crippen LogP contribution is 2.35. The molecular weight excluding hydrogens is 667 g/mol. The van der Waals surface area contributed by atoms with Gasteiger partial charge in [0.25, 0.3) is 0 Å². The summed E-state index contributed by atoms with van der Waals surface area (Å²) in [5.41, 5.74) is 18.3. The molecule has 1 aliphatic heterocycles. The third kappa shape index (κ3) is 9.31. The second-order valence-electron chi connectivity index (χ2n) is 13.5. The lowest BCUT2D eigenvalue weighted by atomic mass is 10.0. The Balaban J connectivity index is 1.41. The van der Waals surface area contributed by atoms with Crippen LogP contribution in [0.25, 0.3) is 22.0 Å². The number of carbonyl (C=O) groups excluding carboxylic acids is 2. The highest BCUT2D eigenvalue weighted by Gasteiger charge is 2.32. The second kappa shape index (κ2) is 18.3. The lowest BCUT2D eigenvalue weighted by molar-refractivity contribution is -0.131. The molecule has 0 saturated heterocycles. The van der Waals surface area contributed by atoms with Gasteiger partial charge in [-0.25, -0.2) is 0 Å². The maximum Gasteiger partial charge on any atom is 0.238 e. The molecule has 0 bridgehead atoms. The van der Waals surface area contributed by atoms with E-state index in [1.165, 1.54) is 0 Å². The van der Waals surface area contributed by atoms with E-state index >= 15 is 0 Å². The summed E-state index contributed by atoms with van der Waals surface area (Å²) in [5.74, 6) is -0.197. The monoisotopic (exact) mass is 717 g/mol. The number of nitrogens with zero attached hydrogens (tertiary/aromatic N) is 1. The highest BCUT2D eigenvalue weighted by atomic mass is 32.2. The number of aromatic nitrogens is 1. The van der Waals surface area contributed by atoms with Crippen molar-refractivity contribution in [2.24, 2.45) is 11.5 Å². The number of nitrogens with two attached hydrogens (primary N) is 2. The van der Waals surface area contributed by atoms with Gasteiger partial charge in [0.05, 0.1) is 18.2 Å². The summed E-state index contributed by atoms with van der Waals surface area (Å²) >= 11 is 1.68. The molecule has 0 spiro atoms. The topological polar surface area (TPSA) is 141 Å². The zero-order valence-corrected chi connectivity index (χ0v) is 30.8. The molecule has 8 N–H and O–H groups in total. The number of likely N-dealkylation sites (N-methyl/N-ethyl adjacent to an activating group) is 1. The van der Waals surface area contributed by atoms with Gasteiger partial charge in [0, 0.05) is 40.0 Å². The normalized spacial score (nSPS) is 19.1. The number of aromatic amines is 1. The van der Waals surface area contributed by atoms with E-state index in [-0.39, 0.29) is 11.8 Å². The minimum atomic E-state index is -0.570. The van der Waals surface area contributed by atoms with Crippen LogP contribution in [0.5, 0.6) is 0 Å². The summed E-state index contributed by atoms with van der Waals surface area (Å²) in [5, 5.41) is 11.3. The van der Waals surface area contributed by atoms with Gasteiger partial charge in [-0.1, -0.05) is 84.6 Å². The molecule has 0 fully saturated rings. The molecule has 10 heteroatoms.